The Kier molecular flexibility index (Phi) is 3.81. The summed E-state index contributed by atoms with van der Waals surface area (Å²) in [6, 6.07) is 11.3. The largest absolute Gasteiger partial charge is 0.495 e. The molecule has 2 rings (SSSR count). The predicted molar refractivity (Wildman–Crippen MR) is 81.3 cm³/mol. The van der Waals surface area contributed by atoms with Crippen LogP contribution in [0.4, 0.5) is 17.1 Å². The van der Waals surface area contributed by atoms with Crippen molar-refractivity contribution < 1.29 is 4.74 Å². The van der Waals surface area contributed by atoms with E-state index in [-0.39, 0.29) is 0 Å². The first-order valence-corrected chi connectivity index (χ1v) is 6.27. The number of methoxy groups -OCH3 is 1. The van der Waals surface area contributed by atoms with Gasteiger partial charge in [0.25, 0.3) is 0 Å². The van der Waals surface area contributed by atoms with E-state index in [9.17, 15) is 0 Å². The molecule has 0 unspecified atom stereocenters. The number of nitrogens with one attached hydrogen (secondary N) is 1. The molecular weight excluding hydrogens is 250 g/mol. The van der Waals surface area contributed by atoms with Crippen molar-refractivity contribution in [3.05, 3.63) is 47.0 Å². The van der Waals surface area contributed by atoms with Gasteiger partial charge in [0, 0.05) is 0 Å². The lowest BCUT2D eigenvalue weighted by Crippen LogP contribution is -2.01. The molecule has 0 saturated heterocycles. The second kappa shape index (κ2) is 5.54. The zero-order valence-corrected chi connectivity index (χ0v) is 11.8. The third-order valence-corrected chi connectivity index (χ3v) is 3.10. The van der Waals surface area contributed by atoms with Crippen molar-refractivity contribution in [1.29, 1.82) is 5.26 Å². The fourth-order valence-electron chi connectivity index (χ4n) is 2.13. The van der Waals surface area contributed by atoms with Gasteiger partial charge in [0.2, 0.25) is 0 Å². The van der Waals surface area contributed by atoms with Gasteiger partial charge in [0.15, 0.2) is 0 Å². The van der Waals surface area contributed by atoms with Crippen molar-refractivity contribution in [2.45, 2.75) is 13.8 Å². The number of benzene rings is 2. The van der Waals surface area contributed by atoms with E-state index in [1.807, 2.05) is 19.9 Å². The number of nitriles is 1. The predicted octanol–water partition coefficient (Wildman–Crippen LogP) is 3.51. The van der Waals surface area contributed by atoms with Crippen molar-refractivity contribution in [3.63, 3.8) is 0 Å². The molecule has 0 amide bonds. The molecule has 2 aromatic carbocycles. The van der Waals surface area contributed by atoms with Gasteiger partial charge in [-0.05, 0) is 49.2 Å². The Morgan fingerprint density at radius 3 is 2.55 bits per heavy atom. The van der Waals surface area contributed by atoms with Crippen molar-refractivity contribution in [2.24, 2.45) is 0 Å². The standard InChI is InChI=1S/C16H17N3O/c1-10-6-11(2)16(15(7-10)20-3)19-14-5-4-12(9-17)8-13(14)18/h4-8,19H,18H2,1-3H3. The maximum absolute atomic E-state index is 8.85. The average Bonchev–Trinajstić information content (AvgIpc) is 2.42. The molecule has 2 aromatic rings. The lowest BCUT2D eigenvalue weighted by molar-refractivity contribution is 0.416. The third kappa shape index (κ3) is 2.67. The quantitative estimate of drug-likeness (QED) is 0.835. The Hall–Kier alpha value is -2.67. The molecule has 0 aliphatic carbocycles. The maximum atomic E-state index is 8.85. The number of anilines is 3. The van der Waals surface area contributed by atoms with Gasteiger partial charge in [-0.25, -0.2) is 0 Å². The van der Waals surface area contributed by atoms with E-state index < -0.39 is 0 Å². The highest BCUT2D eigenvalue weighted by Crippen LogP contribution is 2.34. The number of aryl methyl sites for hydroxylation is 2. The fourth-order valence-corrected chi connectivity index (χ4v) is 2.13. The molecule has 20 heavy (non-hydrogen) atoms. The van der Waals surface area contributed by atoms with Crippen LogP contribution < -0.4 is 15.8 Å². The zero-order chi connectivity index (χ0) is 14.7. The number of nitrogens with two attached hydrogens (primary N) is 1. The SMILES string of the molecule is COc1cc(C)cc(C)c1Nc1ccc(C#N)cc1N. The van der Waals surface area contributed by atoms with Gasteiger partial charge in [-0.15, -0.1) is 0 Å². The summed E-state index contributed by atoms with van der Waals surface area (Å²) in [6.07, 6.45) is 0. The van der Waals surface area contributed by atoms with Crippen LogP contribution in [-0.4, -0.2) is 7.11 Å². The molecule has 0 spiro atoms. The van der Waals surface area contributed by atoms with Crippen molar-refractivity contribution in [3.8, 4) is 11.8 Å². The molecular formula is C16H17N3O. The smallest absolute Gasteiger partial charge is 0.142 e. The Bertz CT molecular complexity index is 687. The molecule has 0 fully saturated rings. The lowest BCUT2D eigenvalue weighted by atomic mass is 10.1. The monoisotopic (exact) mass is 267 g/mol. The van der Waals surface area contributed by atoms with Crippen LogP contribution in [0.2, 0.25) is 0 Å². The minimum Gasteiger partial charge on any atom is -0.495 e. The van der Waals surface area contributed by atoms with Crippen molar-refractivity contribution >= 4 is 17.1 Å². The molecule has 0 radical (unpaired) electrons. The van der Waals surface area contributed by atoms with Crippen LogP contribution in [0.1, 0.15) is 16.7 Å². The molecule has 0 heterocycles. The van der Waals surface area contributed by atoms with Gasteiger partial charge in [0.05, 0.1) is 35.8 Å². The molecule has 0 aliphatic rings. The third-order valence-electron chi connectivity index (χ3n) is 3.10. The Labute approximate surface area is 118 Å². The summed E-state index contributed by atoms with van der Waals surface area (Å²) in [4.78, 5) is 0. The Balaban J connectivity index is 2.42. The number of hydrogen-bond acceptors (Lipinski definition) is 4. The molecule has 4 heteroatoms. The van der Waals surface area contributed by atoms with E-state index in [2.05, 4.69) is 17.5 Å². The highest BCUT2D eigenvalue weighted by molar-refractivity contribution is 5.78. The van der Waals surface area contributed by atoms with Crippen molar-refractivity contribution in [1.82, 2.24) is 0 Å². The zero-order valence-electron chi connectivity index (χ0n) is 11.8. The lowest BCUT2D eigenvalue weighted by Gasteiger charge is -2.16. The number of hydrogen-bond donors (Lipinski definition) is 2. The van der Waals surface area contributed by atoms with E-state index in [1.54, 1.807) is 25.3 Å². The fraction of sp³-hybridized carbons (Fsp3) is 0.188. The van der Waals surface area contributed by atoms with E-state index in [0.717, 1.165) is 28.3 Å². The average molecular weight is 267 g/mol. The molecule has 0 saturated carbocycles. The van der Waals surface area contributed by atoms with Gasteiger partial charge < -0.3 is 15.8 Å². The summed E-state index contributed by atoms with van der Waals surface area (Å²) in [5.74, 6) is 0.770. The van der Waals surface area contributed by atoms with Crippen LogP contribution in [0.25, 0.3) is 0 Å². The van der Waals surface area contributed by atoms with Crippen LogP contribution in [0, 0.1) is 25.2 Å². The van der Waals surface area contributed by atoms with Crippen LogP contribution >= 0.6 is 0 Å². The highest BCUT2D eigenvalue weighted by atomic mass is 16.5. The molecule has 0 atom stereocenters. The highest BCUT2D eigenvalue weighted by Gasteiger charge is 2.10. The van der Waals surface area contributed by atoms with Crippen LogP contribution in [0.3, 0.4) is 0 Å². The van der Waals surface area contributed by atoms with Crippen molar-refractivity contribution in [2.75, 3.05) is 18.2 Å². The first-order chi connectivity index (χ1) is 9.55. The van der Waals surface area contributed by atoms with Crippen LogP contribution in [0.15, 0.2) is 30.3 Å². The van der Waals surface area contributed by atoms with Gasteiger partial charge in [0.1, 0.15) is 5.75 Å². The topological polar surface area (TPSA) is 71.1 Å². The number of ether oxygens (including phenoxy) is 1. The summed E-state index contributed by atoms with van der Waals surface area (Å²) in [5, 5.41) is 12.1. The summed E-state index contributed by atoms with van der Waals surface area (Å²) in [7, 11) is 1.64. The first kappa shape index (κ1) is 13.8. The van der Waals surface area contributed by atoms with E-state index in [4.69, 9.17) is 15.7 Å². The summed E-state index contributed by atoms with van der Waals surface area (Å²) < 4.78 is 5.41. The number of nitrogen functional groups attached to an aromatic ring is 1. The molecule has 0 aromatic heterocycles. The second-order valence-electron chi connectivity index (χ2n) is 4.70. The first-order valence-electron chi connectivity index (χ1n) is 6.27. The Morgan fingerprint density at radius 1 is 1.20 bits per heavy atom. The minimum absolute atomic E-state index is 0.533. The minimum atomic E-state index is 0.533. The molecule has 3 N–H and O–H groups in total. The molecule has 0 bridgehead atoms. The second-order valence-corrected chi connectivity index (χ2v) is 4.70. The van der Waals surface area contributed by atoms with Crippen LogP contribution in [0.5, 0.6) is 5.75 Å². The number of nitrogens with zero attached hydrogens (tertiary/aromatic N) is 1. The maximum Gasteiger partial charge on any atom is 0.142 e. The Morgan fingerprint density at radius 2 is 1.95 bits per heavy atom. The van der Waals surface area contributed by atoms with Crippen LogP contribution in [-0.2, 0) is 0 Å². The number of rotatable bonds is 3. The van der Waals surface area contributed by atoms with Gasteiger partial charge in [-0.3, -0.25) is 0 Å². The summed E-state index contributed by atoms with van der Waals surface area (Å²) in [5.41, 5.74) is 10.9. The molecule has 0 aliphatic heterocycles. The van der Waals surface area contributed by atoms with Gasteiger partial charge in [-0.2, -0.15) is 5.26 Å². The molecule has 102 valence electrons. The normalized spacial score (nSPS) is 9.90. The van der Waals surface area contributed by atoms with Gasteiger partial charge in [-0.1, -0.05) is 6.07 Å². The summed E-state index contributed by atoms with van der Waals surface area (Å²) >= 11 is 0. The summed E-state index contributed by atoms with van der Waals surface area (Å²) in [6.45, 7) is 4.03. The van der Waals surface area contributed by atoms with E-state index in [1.165, 1.54) is 0 Å². The van der Waals surface area contributed by atoms with E-state index in [0.29, 0.717) is 11.3 Å². The molecule has 4 nitrogen and oxygen atoms in total. The van der Waals surface area contributed by atoms with Gasteiger partial charge >= 0.3 is 0 Å². The van der Waals surface area contributed by atoms with E-state index >= 15 is 0 Å².